The Kier molecular flexibility index (Phi) is 8.37. The summed E-state index contributed by atoms with van der Waals surface area (Å²) in [6, 6.07) is 21.0. The Hall–Kier alpha value is -3.01. The maximum Gasteiger partial charge on any atom is 0.255 e. The molecule has 0 saturated carbocycles. The number of sulfonamides is 1. The fraction of sp³-hybridized carbons (Fsp3) is 0.167. The monoisotopic (exact) mass is 529 g/mol. The first-order valence-electron chi connectivity index (χ1n) is 10.1. The molecule has 0 radical (unpaired) electrons. The average molecular weight is 530 g/mol. The van der Waals surface area contributed by atoms with E-state index in [2.05, 4.69) is 26.5 Å². The quantitative estimate of drug-likeness (QED) is 0.333. The second-order valence-corrected chi connectivity index (χ2v) is 10.1. The van der Waals surface area contributed by atoms with E-state index < -0.39 is 22.5 Å². The van der Waals surface area contributed by atoms with Crippen molar-refractivity contribution in [2.75, 3.05) is 13.7 Å². The SMILES string of the molecule is COc1ccc(Br)cc1/C=N\NC(=O)CN(Cc1ccccc1)S(=O)(=O)c1ccc(C)cc1. The van der Waals surface area contributed by atoms with Gasteiger partial charge in [-0.2, -0.15) is 9.41 Å². The van der Waals surface area contributed by atoms with E-state index in [4.69, 9.17) is 4.74 Å². The molecule has 1 amide bonds. The third-order valence-electron chi connectivity index (χ3n) is 4.77. The Morgan fingerprint density at radius 3 is 2.45 bits per heavy atom. The number of benzene rings is 3. The molecule has 0 aromatic heterocycles. The van der Waals surface area contributed by atoms with E-state index >= 15 is 0 Å². The van der Waals surface area contributed by atoms with Crippen molar-refractivity contribution in [1.82, 2.24) is 9.73 Å². The van der Waals surface area contributed by atoms with Gasteiger partial charge in [0, 0.05) is 16.6 Å². The highest BCUT2D eigenvalue weighted by Crippen LogP contribution is 2.21. The Balaban J connectivity index is 1.79. The lowest BCUT2D eigenvalue weighted by atomic mass is 10.2. The summed E-state index contributed by atoms with van der Waals surface area (Å²) in [5, 5.41) is 3.97. The van der Waals surface area contributed by atoms with Crippen molar-refractivity contribution in [2.45, 2.75) is 18.4 Å². The molecule has 1 N–H and O–H groups in total. The zero-order valence-corrected chi connectivity index (χ0v) is 20.6. The number of hydrogen-bond donors (Lipinski definition) is 1. The fourth-order valence-electron chi connectivity index (χ4n) is 3.05. The number of amides is 1. The van der Waals surface area contributed by atoms with E-state index in [9.17, 15) is 13.2 Å². The van der Waals surface area contributed by atoms with Gasteiger partial charge in [-0.05, 0) is 42.8 Å². The minimum absolute atomic E-state index is 0.0492. The van der Waals surface area contributed by atoms with E-state index in [-0.39, 0.29) is 11.4 Å². The maximum atomic E-state index is 13.3. The second kappa shape index (κ2) is 11.2. The Bertz CT molecular complexity index is 1230. The minimum Gasteiger partial charge on any atom is -0.496 e. The van der Waals surface area contributed by atoms with Gasteiger partial charge in [0.05, 0.1) is 24.8 Å². The van der Waals surface area contributed by atoms with Crippen LogP contribution in [0, 0.1) is 6.92 Å². The van der Waals surface area contributed by atoms with Gasteiger partial charge in [0.25, 0.3) is 5.91 Å². The number of ether oxygens (including phenoxy) is 1. The number of halogens is 1. The molecule has 0 atom stereocenters. The third-order valence-corrected chi connectivity index (χ3v) is 7.06. The minimum atomic E-state index is -3.91. The molecule has 0 saturated heterocycles. The normalized spacial score (nSPS) is 11.6. The number of nitrogens with one attached hydrogen (secondary N) is 1. The van der Waals surface area contributed by atoms with E-state index in [1.54, 1.807) is 24.3 Å². The van der Waals surface area contributed by atoms with Crippen molar-refractivity contribution in [3.8, 4) is 5.75 Å². The molecule has 0 aliphatic carbocycles. The topological polar surface area (TPSA) is 88.1 Å². The van der Waals surface area contributed by atoms with Crippen molar-refractivity contribution >= 4 is 38.1 Å². The fourth-order valence-corrected chi connectivity index (χ4v) is 4.81. The molecule has 7 nitrogen and oxygen atoms in total. The van der Waals surface area contributed by atoms with Gasteiger partial charge in [-0.1, -0.05) is 64.0 Å². The second-order valence-electron chi connectivity index (χ2n) is 7.25. The number of carbonyl (C=O) groups excluding carboxylic acids is 1. The highest BCUT2D eigenvalue weighted by Gasteiger charge is 2.26. The summed E-state index contributed by atoms with van der Waals surface area (Å²) < 4.78 is 33.8. The number of hydrogen-bond acceptors (Lipinski definition) is 5. The van der Waals surface area contributed by atoms with Gasteiger partial charge < -0.3 is 4.74 Å². The van der Waals surface area contributed by atoms with Crippen LogP contribution >= 0.6 is 15.9 Å². The van der Waals surface area contributed by atoms with Gasteiger partial charge in [0.15, 0.2) is 0 Å². The molecule has 3 rings (SSSR count). The smallest absolute Gasteiger partial charge is 0.255 e. The molecule has 0 spiro atoms. The van der Waals surface area contributed by atoms with E-state index in [1.807, 2.05) is 43.3 Å². The molecule has 0 heterocycles. The van der Waals surface area contributed by atoms with Crippen molar-refractivity contribution in [2.24, 2.45) is 5.10 Å². The van der Waals surface area contributed by atoms with E-state index in [0.717, 1.165) is 19.9 Å². The van der Waals surface area contributed by atoms with Crippen molar-refractivity contribution in [3.63, 3.8) is 0 Å². The summed E-state index contributed by atoms with van der Waals surface area (Å²) in [7, 11) is -2.37. The maximum absolute atomic E-state index is 13.3. The number of nitrogens with zero attached hydrogens (tertiary/aromatic N) is 2. The van der Waals surface area contributed by atoms with Gasteiger partial charge in [-0.15, -0.1) is 0 Å². The molecule has 0 unspecified atom stereocenters. The lowest BCUT2D eigenvalue weighted by molar-refractivity contribution is -0.121. The first-order chi connectivity index (χ1) is 15.8. The predicted molar refractivity (Wildman–Crippen MR) is 132 cm³/mol. The average Bonchev–Trinajstić information content (AvgIpc) is 2.80. The van der Waals surface area contributed by atoms with E-state index in [0.29, 0.717) is 11.3 Å². The molecule has 9 heteroatoms. The lowest BCUT2D eigenvalue weighted by Gasteiger charge is -2.21. The van der Waals surface area contributed by atoms with Gasteiger partial charge in [0.2, 0.25) is 10.0 Å². The summed E-state index contributed by atoms with van der Waals surface area (Å²) in [6.45, 7) is 1.54. The van der Waals surface area contributed by atoms with E-state index in [1.165, 1.54) is 25.5 Å². The largest absolute Gasteiger partial charge is 0.496 e. The molecule has 0 aliphatic rings. The number of rotatable bonds is 9. The van der Waals surface area contributed by atoms with Crippen molar-refractivity contribution < 1.29 is 17.9 Å². The number of carbonyl (C=O) groups is 1. The molecule has 3 aromatic carbocycles. The lowest BCUT2D eigenvalue weighted by Crippen LogP contribution is -2.39. The van der Waals surface area contributed by atoms with Crippen molar-refractivity contribution in [1.29, 1.82) is 0 Å². The van der Waals surface area contributed by atoms with Crippen LogP contribution in [0.5, 0.6) is 5.75 Å². The highest BCUT2D eigenvalue weighted by atomic mass is 79.9. The zero-order chi connectivity index (χ0) is 23.8. The van der Waals surface area contributed by atoms with Crippen LogP contribution in [0.1, 0.15) is 16.7 Å². The Morgan fingerprint density at radius 2 is 1.79 bits per heavy atom. The zero-order valence-electron chi connectivity index (χ0n) is 18.2. The third kappa shape index (κ3) is 6.74. The van der Waals surface area contributed by atoms with Gasteiger partial charge in [-0.25, -0.2) is 13.8 Å². The van der Waals surface area contributed by atoms with Gasteiger partial charge in [-0.3, -0.25) is 4.79 Å². The predicted octanol–water partition coefficient (Wildman–Crippen LogP) is 4.11. The molecule has 3 aromatic rings. The highest BCUT2D eigenvalue weighted by molar-refractivity contribution is 9.10. The van der Waals surface area contributed by atoms with Crippen LogP contribution in [-0.4, -0.2) is 38.5 Å². The Morgan fingerprint density at radius 1 is 1.09 bits per heavy atom. The Labute approximate surface area is 202 Å². The summed E-state index contributed by atoms with van der Waals surface area (Å²) in [6.07, 6.45) is 1.44. The number of hydrazone groups is 1. The molecule has 0 aliphatic heterocycles. The standard InChI is InChI=1S/C24H24BrN3O4S/c1-18-8-11-22(12-9-18)33(30,31)28(16-19-6-4-3-5-7-19)17-24(29)27-26-15-20-14-21(25)10-13-23(20)32-2/h3-15H,16-17H2,1-2H3,(H,27,29)/b26-15-. The summed E-state index contributed by atoms with van der Waals surface area (Å²) in [5.74, 6) is 0.0238. The van der Waals surface area contributed by atoms with Crippen LogP contribution < -0.4 is 10.2 Å². The van der Waals surface area contributed by atoms with Crippen LogP contribution in [0.4, 0.5) is 0 Å². The number of methoxy groups -OCH3 is 1. The van der Waals surface area contributed by atoms with Crippen LogP contribution in [0.15, 0.2) is 87.3 Å². The van der Waals surface area contributed by atoms with Crippen LogP contribution in [0.25, 0.3) is 0 Å². The molecular weight excluding hydrogens is 506 g/mol. The summed E-state index contributed by atoms with van der Waals surface area (Å²) >= 11 is 3.38. The first kappa shape index (κ1) is 24.6. The molecular formula is C24H24BrN3O4S. The van der Waals surface area contributed by atoms with Crippen LogP contribution in [-0.2, 0) is 21.4 Å². The van der Waals surface area contributed by atoms with Crippen molar-refractivity contribution in [3.05, 3.63) is 94.0 Å². The van der Waals surface area contributed by atoms with Crippen LogP contribution in [0.3, 0.4) is 0 Å². The van der Waals surface area contributed by atoms with Gasteiger partial charge in [0.1, 0.15) is 5.75 Å². The molecule has 0 fully saturated rings. The summed E-state index contributed by atoms with van der Waals surface area (Å²) in [5.41, 5.74) is 4.77. The van der Waals surface area contributed by atoms with Gasteiger partial charge >= 0.3 is 0 Å². The first-order valence-corrected chi connectivity index (χ1v) is 12.3. The van der Waals surface area contributed by atoms with Crippen LogP contribution in [0.2, 0.25) is 0 Å². The molecule has 172 valence electrons. The molecule has 33 heavy (non-hydrogen) atoms. The number of aryl methyl sites for hydroxylation is 1. The summed E-state index contributed by atoms with van der Waals surface area (Å²) in [4.78, 5) is 12.7. The molecule has 0 bridgehead atoms.